The van der Waals surface area contributed by atoms with Crippen molar-refractivity contribution in [1.29, 1.82) is 0 Å². The van der Waals surface area contributed by atoms with Crippen LogP contribution in [0.5, 0.6) is 0 Å². The molecule has 2 aromatic heterocycles. The summed E-state index contributed by atoms with van der Waals surface area (Å²) < 4.78 is 45.1. The minimum absolute atomic E-state index is 0.0143. The molecule has 1 atom stereocenters. The number of oxazole rings is 1. The molecule has 0 spiro atoms. The third kappa shape index (κ3) is 4.12. The summed E-state index contributed by atoms with van der Waals surface area (Å²) in [6.45, 7) is 0.391. The van der Waals surface area contributed by atoms with E-state index in [9.17, 15) is 18.0 Å². The van der Waals surface area contributed by atoms with Crippen LogP contribution in [-0.4, -0.2) is 24.5 Å². The van der Waals surface area contributed by atoms with Crippen molar-refractivity contribution in [3.63, 3.8) is 0 Å². The molecule has 0 saturated heterocycles. The van der Waals surface area contributed by atoms with Gasteiger partial charge in [0.25, 0.3) is 5.91 Å². The summed E-state index contributed by atoms with van der Waals surface area (Å²) in [7, 11) is 1.75. The Morgan fingerprint density at radius 2 is 2.08 bits per heavy atom. The largest absolute Gasteiger partial charge is 0.443 e. The minimum Gasteiger partial charge on any atom is -0.443 e. The number of thiophene rings is 1. The molecule has 1 amide bonds. The Labute approximate surface area is 151 Å². The van der Waals surface area contributed by atoms with E-state index in [1.54, 1.807) is 7.05 Å². The lowest BCUT2D eigenvalue weighted by Crippen LogP contribution is -3.08. The molecule has 0 saturated carbocycles. The molecule has 1 aromatic carbocycles. The molecule has 3 rings (SSSR count). The summed E-state index contributed by atoms with van der Waals surface area (Å²) in [5, 5.41) is 4.15. The van der Waals surface area contributed by atoms with E-state index < -0.39 is 29.0 Å². The highest BCUT2D eigenvalue weighted by Crippen LogP contribution is 2.23. The van der Waals surface area contributed by atoms with Crippen molar-refractivity contribution in [2.24, 2.45) is 0 Å². The number of benzene rings is 1. The molecule has 9 heteroatoms. The van der Waals surface area contributed by atoms with E-state index in [-0.39, 0.29) is 6.54 Å². The highest BCUT2D eigenvalue weighted by atomic mass is 32.1. The fourth-order valence-corrected chi connectivity index (χ4v) is 3.02. The van der Waals surface area contributed by atoms with Gasteiger partial charge in [-0.05, 0) is 23.6 Å². The van der Waals surface area contributed by atoms with Gasteiger partial charge in [-0.25, -0.2) is 18.2 Å². The number of quaternary nitrogens is 1. The number of hydrogen-bond donors (Lipinski definition) is 2. The summed E-state index contributed by atoms with van der Waals surface area (Å²) in [5.74, 6) is -4.37. The highest BCUT2D eigenvalue weighted by Gasteiger charge is 2.18. The second kappa shape index (κ2) is 7.71. The van der Waals surface area contributed by atoms with Gasteiger partial charge < -0.3 is 14.6 Å². The van der Waals surface area contributed by atoms with Crippen molar-refractivity contribution in [2.75, 3.05) is 18.9 Å². The summed E-state index contributed by atoms with van der Waals surface area (Å²) in [6.07, 6.45) is 1.52. The summed E-state index contributed by atoms with van der Waals surface area (Å²) >= 11 is 1.50. The maximum absolute atomic E-state index is 13.6. The van der Waals surface area contributed by atoms with Crippen LogP contribution in [-0.2, 0) is 11.3 Å². The van der Waals surface area contributed by atoms with Crippen LogP contribution in [0.15, 0.2) is 40.3 Å². The summed E-state index contributed by atoms with van der Waals surface area (Å²) in [4.78, 5) is 18.0. The topological polar surface area (TPSA) is 59.6 Å². The lowest BCUT2D eigenvalue weighted by Gasteiger charge is -2.12. The van der Waals surface area contributed by atoms with Gasteiger partial charge in [0.15, 0.2) is 24.0 Å². The Balaban J connectivity index is 1.57. The molecule has 0 radical (unpaired) electrons. The standard InChI is InChI=1S/C17H14F3N3O2S/c1-23(7-10-9-25-17(21-10)13-3-2-6-26-13)8-14(24)22-12-5-4-11(18)15(19)16(12)20/h2-6,9H,7-8H2,1H3,(H,22,24)/p+1. The van der Waals surface area contributed by atoms with Gasteiger partial charge in [0.05, 0.1) is 17.6 Å². The number of anilines is 1. The molecular formula is C17H15F3N3O2S+. The summed E-state index contributed by atoms with van der Waals surface area (Å²) in [5.41, 5.74) is 0.265. The average molecular weight is 382 g/mol. The Morgan fingerprint density at radius 3 is 2.81 bits per heavy atom. The lowest BCUT2D eigenvalue weighted by molar-refractivity contribution is -0.885. The predicted octanol–water partition coefficient (Wildman–Crippen LogP) is 2.47. The molecule has 0 bridgehead atoms. The van der Waals surface area contributed by atoms with E-state index in [0.29, 0.717) is 18.1 Å². The van der Waals surface area contributed by atoms with Crippen molar-refractivity contribution in [3.05, 3.63) is 59.1 Å². The SMILES string of the molecule is C[NH+](CC(=O)Nc1ccc(F)c(F)c1F)Cc1coc(-c2cccs2)n1. The van der Waals surface area contributed by atoms with E-state index in [0.717, 1.165) is 21.9 Å². The van der Waals surface area contributed by atoms with Crippen LogP contribution in [0, 0.1) is 17.5 Å². The van der Waals surface area contributed by atoms with Crippen LogP contribution in [0.25, 0.3) is 10.8 Å². The second-order valence-corrected chi connectivity index (χ2v) is 6.65. The molecule has 0 fully saturated rings. The van der Waals surface area contributed by atoms with Crippen LogP contribution in [0.3, 0.4) is 0 Å². The number of halogens is 3. The van der Waals surface area contributed by atoms with Gasteiger partial charge >= 0.3 is 0 Å². The fraction of sp³-hybridized carbons (Fsp3) is 0.176. The van der Waals surface area contributed by atoms with E-state index >= 15 is 0 Å². The maximum Gasteiger partial charge on any atom is 0.279 e. The van der Waals surface area contributed by atoms with Gasteiger partial charge in [-0.1, -0.05) is 6.07 Å². The molecule has 0 aliphatic rings. The molecule has 5 nitrogen and oxygen atoms in total. The Kier molecular flexibility index (Phi) is 5.38. The zero-order valence-corrected chi connectivity index (χ0v) is 14.5. The lowest BCUT2D eigenvalue weighted by atomic mass is 10.2. The summed E-state index contributed by atoms with van der Waals surface area (Å²) in [6, 6.07) is 5.52. The van der Waals surface area contributed by atoms with Gasteiger partial charge in [0.1, 0.15) is 18.5 Å². The average Bonchev–Trinajstić information content (AvgIpc) is 3.26. The molecule has 3 aromatic rings. The van der Waals surface area contributed by atoms with E-state index in [1.165, 1.54) is 17.6 Å². The van der Waals surface area contributed by atoms with Gasteiger partial charge in [-0.3, -0.25) is 4.79 Å². The van der Waals surface area contributed by atoms with E-state index in [4.69, 9.17) is 4.42 Å². The van der Waals surface area contributed by atoms with Crippen LogP contribution in [0.4, 0.5) is 18.9 Å². The zero-order chi connectivity index (χ0) is 18.7. The first-order valence-corrected chi connectivity index (χ1v) is 8.55. The molecule has 2 heterocycles. The molecule has 136 valence electrons. The molecule has 1 unspecified atom stereocenters. The first kappa shape index (κ1) is 18.2. The third-order valence-corrected chi connectivity index (χ3v) is 4.40. The Bertz CT molecular complexity index is 912. The van der Waals surface area contributed by atoms with E-state index in [2.05, 4.69) is 10.3 Å². The number of rotatable bonds is 6. The second-order valence-electron chi connectivity index (χ2n) is 5.70. The molecule has 0 aliphatic heterocycles. The van der Waals surface area contributed by atoms with Gasteiger partial charge in [0.2, 0.25) is 5.89 Å². The number of carbonyl (C=O) groups is 1. The number of hydrogen-bond acceptors (Lipinski definition) is 4. The van der Waals surface area contributed by atoms with Gasteiger partial charge in [-0.2, -0.15) is 0 Å². The van der Waals surface area contributed by atoms with Crippen molar-refractivity contribution in [1.82, 2.24) is 4.98 Å². The molecule has 2 N–H and O–H groups in total. The number of aromatic nitrogens is 1. The smallest absolute Gasteiger partial charge is 0.279 e. The first-order chi connectivity index (χ1) is 12.4. The minimum atomic E-state index is -1.62. The van der Waals surface area contributed by atoms with Crippen LogP contribution in [0.2, 0.25) is 0 Å². The number of nitrogens with one attached hydrogen (secondary N) is 2. The van der Waals surface area contributed by atoms with Gasteiger partial charge in [0, 0.05) is 0 Å². The number of nitrogens with zero attached hydrogens (tertiary/aromatic N) is 1. The maximum atomic E-state index is 13.6. The fourth-order valence-electron chi connectivity index (χ4n) is 2.36. The molecule has 0 aliphatic carbocycles. The van der Waals surface area contributed by atoms with Crippen molar-refractivity contribution >= 4 is 22.9 Å². The van der Waals surface area contributed by atoms with Crippen LogP contribution >= 0.6 is 11.3 Å². The zero-order valence-electron chi connectivity index (χ0n) is 13.7. The number of amides is 1. The Hall–Kier alpha value is -2.65. The Morgan fingerprint density at radius 1 is 1.27 bits per heavy atom. The van der Waals surface area contributed by atoms with Crippen molar-refractivity contribution < 1.29 is 27.3 Å². The molecule has 26 heavy (non-hydrogen) atoms. The first-order valence-electron chi connectivity index (χ1n) is 7.67. The van der Waals surface area contributed by atoms with Gasteiger partial charge in [-0.15, -0.1) is 11.3 Å². The number of carbonyl (C=O) groups excluding carboxylic acids is 1. The third-order valence-electron chi connectivity index (χ3n) is 3.54. The van der Waals surface area contributed by atoms with Crippen molar-refractivity contribution in [2.45, 2.75) is 6.54 Å². The van der Waals surface area contributed by atoms with Crippen molar-refractivity contribution in [3.8, 4) is 10.8 Å². The normalized spacial score (nSPS) is 12.2. The van der Waals surface area contributed by atoms with Crippen LogP contribution in [0.1, 0.15) is 5.69 Å². The number of likely N-dealkylation sites (N-methyl/N-ethyl adjacent to an activating group) is 1. The predicted molar refractivity (Wildman–Crippen MR) is 90.2 cm³/mol. The quantitative estimate of drug-likeness (QED) is 0.644. The highest BCUT2D eigenvalue weighted by molar-refractivity contribution is 7.13. The van der Waals surface area contributed by atoms with E-state index in [1.807, 2.05) is 17.5 Å². The molecular weight excluding hydrogens is 367 g/mol. The van der Waals surface area contributed by atoms with Crippen LogP contribution < -0.4 is 10.2 Å². The monoisotopic (exact) mass is 382 g/mol.